The van der Waals surface area contributed by atoms with Gasteiger partial charge in [-0.1, -0.05) is 0 Å². The van der Waals surface area contributed by atoms with Crippen LogP contribution in [-0.4, -0.2) is 19.5 Å². The molecule has 102 valence electrons. The minimum Gasteiger partial charge on any atom is -0.466 e. The van der Waals surface area contributed by atoms with Crippen molar-refractivity contribution in [1.82, 2.24) is 0 Å². The van der Waals surface area contributed by atoms with Crippen molar-refractivity contribution in [2.24, 2.45) is 0 Å². The van der Waals surface area contributed by atoms with Crippen molar-refractivity contribution in [3.63, 3.8) is 0 Å². The molecule has 0 bridgehead atoms. The Labute approximate surface area is 107 Å². The average molecular weight is 274 g/mol. The van der Waals surface area contributed by atoms with Gasteiger partial charge >= 0.3 is 7.60 Å². The van der Waals surface area contributed by atoms with Crippen LogP contribution in [0.3, 0.4) is 0 Å². The summed E-state index contributed by atoms with van der Waals surface area (Å²) < 4.78 is 28.2. The normalized spacial score (nSPS) is 11.8. The second kappa shape index (κ2) is 6.32. The monoisotopic (exact) mass is 274 g/mol. The number of aryl methyl sites for hydroxylation is 2. The van der Waals surface area contributed by atoms with E-state index in [2.05, 4.69) is 0 Å². The molecule has 0 N–H and O–H groups in total. The van der Waals surface area contributed by atoms with Crippen molar-refractivity contribution in [3.8, 4) is 0 Å². The highest BCUT2D eigenvalue weighted by molar-refractivity contribution is 7.53. The summed E-state index contributed by atoms with van der Waals surface area (Å²) in [4.78, 5) is 11.0. The maximum Gasteiger partial charge on any atom is 0.335 e. The summed E-state index contributed by atoms with van der Waals surface area (Å²) >= 11 is 0. The molecule has 5 nitrogen and oxygen atoms in total. The predicted molar refractivity (Wildman–Crippen MR) is 68.1 cm³/mol. The Morgan fingerprint density at radius 2 is 1.72 bits per heavy atom. The van der Waals surface area contributed by atoms with Gasteiger partial charge in [0, 0.05) is 5.56 Å². The van der Waals surface area contributed by atoms with E-state index in [9.17, 15) is 9.36 Å². The van der Waals surface area contributed by atoms with Gasteiger partial charge in [0.1, 0.15) is 11.5 Å². The van der Waals surface area contributed by atoms with Gasteiger partial charge in [0.15, 0.2) is 6.29 Å². The standard InChI is InChI=1S/C12H19O5P/c1-5-15-18(14,16-6-2)8-12-10(4)17-9(3)11(12)7-13/h7H,5-6,8H2,1-4H3. The van der Waals surface area contributed by atoms with Gasteiger partial charge in [-0.2, -0.15) is 0 Å². The van der Waals surface area contributed by atoms with Crippen LogP contribution in [0.4, 0.5) is 0 Å². The Hall–Kier alpha value is -0.900. The molecule has 1 rings (SSSR count). The van der Waals surface area contributed by atoms with E-state index in [0.717, 1.165) is 0 Å². The van der Waals surface area contributed by atoms with E-state index in [1.54, 1.807) is 27.7 Å². The summed E-state index contributed by atoms with van der Waals surface area (Å²) in [5.41, 5.74) is 1.04. The summed E-state index contributed by atoms with van der Waals surface area (Å²) in [6.07, 6.45) is 0.773. The molecule has 0 fully saturated rings. The van der Waals surface area contributed by atoms with E-state index < -0.39 is 7.60 Å². The molecule has 0 radical (unpaired) electrons. The summed E-state index contributed by atoms with van der Waals surface area (Å²) in [5, 5.41) is 0. The fourth-order valence-corrected chi connectivity index (χ4v) is 3.64. The molecule has 0 aliphatic rings. The molecular weight excluding hydrogens is 255 g/mol. The van der Waals surface area contributed by atoms with Crippen LogP contribution < -0.4 is 0 Å². The van der Waals surface area contributed by atoms with Gasteiger partial charge in [-0.25, -0.2) is 0 Å². The lowest BCUT2D eigenvalue weighted by Crippen LogP contribution is -2.01. The molecule has 0 saturated heterocycles. The summed E-state index contributed by atoms with van der Waals surface area (Å²) in [6, 6.07) is 0. The van der Waals surface area contributed by atoms with Gasteiger partial charge in [0.2, 0.25) is 0 Å². The molecule has 0 aromatic carbocycles. The maximum absolute atomic E-state index is 12.4. The third-order valence-corrected chi connectivity index (χ3v) is 4.56. The fourth-order valence-electron chi connectivity index (χ4n) is 1.81. The molecule has 1 aromatic rings. The van der Waals surface area contributed by atoms with E-state index in [1.165, 1.54) is 0 Å². The first-order valence-electron chi connectivity index (χ1n) is 5.89. The lowest BCUT2D eigenvalue weighted by atomic mass is 10.1. The highest BCUT2D eigenvalue weighted by Gasteiger charge is 2.28. The van der Waals surface area contributed by atoms with Gasteiger partial charge in [-0.15, -0.1) is 0 Å². The molecule has 1 aromatic heterocycles. The molecule has 0 saturated carbocycles. The van der Waals surface area contributed by atoms with Gasteiger partial charge in [0.25, 0.3) is 0 Å². The Morgan fingerprint density at radius 3 is 2.17 bits per heavy atom. The molecule has 0 atom stereocenters. The second-order valence-electron chi connectivity index (χ2n) is 3.83. The summed E-state index contributed by atoms with van der Waals surface area (Å²) in [7, 11) is -3.21. The first-order chi connectivity index (χ1) is 8.47. The van der Waals surface area contributed by atoms with Crippen LogP contribution in [0, 0.1) is 13.8 Å². The zero-order valence-corrected chi connectivity index (χ0v) is 12.1. The van der Waals surface area contributed by atoms with Crippen LogP contribution in [0.25, 0.3) is 0 Å². The van der Waals surface area contributed by atoms with Gasteiger partial charge in [-0.3, -0.25) is 9.36 Å². The number of carbonyl (C=O) groups is 1. The third kappa shape index (κ3) is 3.31. The van der Waals surface area contributed by atoms with Crippen molar-refractivity contribution in [3.05, 3.63) is 22.6 Å². The lowest BCUT2D eigenvalue weighted by Gasteiger charge is -2.16. The topological polar surface area (TPSA) is 65.7 Å². The van der Waals surface area contributed by atoms with Crippen molar-refractivity contribution in [2.45, 2.75) is 33.9 Å². The minimum absolute atomic E-state index is 0.0614. The van der Waals surface area contributed by atoms with Crippen LogP contribution >= 0.6 is 7.60 Å². The molecule has 0 unspecified atom stereocenters. The molecule has 1 heterocycles. The summed E-state index contributed by atoms with van der Waals surface area (Å²) in [5.74, 6) is 1.10. The van der Waals surface area contributed by atoms with Crippen molar-refractivity contribution in [1.29, 1.82) is 0 Å². The van der Waals surface area contributed by atoms with E-state index >= 15 is 0 Å². The number of hydrogen-bond donors (Lipinski definition) is 0. The zero-order valence-electron chi connectivity index (χ0n) is 11.2. The third-order valence-electron chi connectivity index (χ3n) is 2.56. The Bertz CT molecular complexity index is 453. The molecule has 0 spiro atoms. The Kier molecular flexibility index (Phi) is 5.32. The smallest absolute Gasteiger partial charge is 0.335 e. The number of carbonyl (C=O) groups excluding carboxylic acids is 1. The molecule has 0 aliphatic heterocycles. The lowest BCUT2D eigenvalue weighted by molar-refractivity contribution is 0.112. The van der Waals surface area contributed by atoms with Crippen LogP contribution in [-0.2, 0) is 19.8 Å². The van der Waals surface area contributed by atoms with Gasteiger partial charge < -0.3 is 13.5 Å². The molecule has 0 aliphatic carbocycles. The van der Waals surface area contributed by atoms with Crippen LogP contribution in [0.2, 0.25) is 0 Å². The zero-order chi connectivity index (χ0) is 13.8. The fraction of sp³-hybridized carbons (Fsp3) is 0.583. The van der Waals surface area contributed by atoms with E-state index in [-0.39, 0.29) is 6.16 Å². The predicted octanol–water partition coefficient (Wildman–Crippen LogP) is 3.48. The highest BCUT2D eigenvalue weighted by atomic mass is 31.2. The first-order valence-corrected chi connectivity index (χ1v) is 7.62. The Morgan fingerprint density at radius 1 is 1.17 bits per heavy atom. The number of aldehydes is 1. The van der Waals surface area contributed by atoms with Gasteiger partial charge in [0.05, 0.1) is 24.9 Å². The number of furan rings is 1. The molecule has 6 heteroatoms. The first kappa shape index (κ1) is 15.2. The second-order valence-corrected chi connectivity index (χ2v) is 5.88. The summed E-state index contributed by atoms with van der Waals surface area (Å²) in [6.45, 7) is 7.52. The van der Waals surface area contributed by atoms with Crippen LogP contribution in [0.5, 0.6) is 0 Å². The number of hydrogen-bond acceptors (Lipinski definition) is 5. The SMILES string of the molecule is CCOP(=O)(Cc1c(C)oc(C)c1C=O)OCC. The van der Waals surface area contributed by atoms with Gasteiger partial charge in [-0.05, 0) is 27.7 Å². The maximum atomic E-state index is 12.4. The van der Waals surface area contributed by atoms with Crippen molar-refractivity contribution >= 4 is 13.9 Å². The molecule has 0 amide bonds. The van der Waals surface area contributed by atoms with E-state index in [0.29, 0.717) is 42.1 Å². The minimum atomic E-state index is -3.21. The van der Waals surface area contributed by atoms with E-state index in [1.807, 2.05) is 0 Å². The van der Waals surface area contributed by atoms with Crippen molar-refractivity contribution in [2.75, 3.05) is 13.2 Å². The highest BCUT2D eigenvalue weighted by Crippen LogP contribution is 2.52. The van der Waals surface area contributed by atoms with Crippen molar-refractivity contribution < 1.29 is 22.8 Å². The van der Waals surface area contributed by atoms with E-state index in [4.69, 9.17) is 13.5 Å². The quantitative estimate of drug-likeness (QED) is 0.562. The largest absolute Gasteiger partial charge is 0.466 e. The molecule has 18 heavy (non-hydrogen) atoms. The van der Waals surface area contributed by atoms with Crippen LogP contribution in [0.15, 0.2) is 4.42 Å². The number of rotatable bonds is 7. The van der Waals surface area contributed by atoms with Crippen LogP contribution in [0.1, 0.15) is 41.3 Å². The Balaban J connectivity index is 3.07. The average Bonchev–Trinajstić information content (AvgIpc) is 2.54. The molecular formula is C12H19O5P.